The van der Waals surface area contributed by atoms with Gasteiger partial charge < -0.3 is 10.6 Å². The highest BCUT2D eigenvalue weighted by Gasteiger charge is 2.07. The first-order valence-electron chi connectivity index (χ1n) is 7.30. The molecule has 1 heterocycles. The minimum absolute atomic E-state index is 0.0968. The monoisotopic (exact) mass is 297 g/mol. The van der Waals surface area contributed by atoms with Crippen LogP contribution in [0.4, 0.5) is 5.69 Å². The summed E-state index contributed by atoms with van der Waals surface area (Å²) in [7, 11) is 0. The fourth-order valence-corrected chi connectivity index (χ4v) is 1.89. The van der Waals surface area contributed by atoms with Crippen LogP contribution in [-0.4, -0.2) is 23.3 Å². The van der Waals surface area contributed by atoms with Gasteiger partial charge >= 0.3 is 0 Å². The van der Waals surface area contributed by atoms with E-state index in [1.807, 2.05) is 0 Å². The van der Waals surface area contributed by atoms with Crippen molar-refractivity contribution in [3.63, 3.8) is 0 Å². The predicted molar refractivity (Wildman–Crippen MR) is 85.9 cm³/mol. The number of pyridine rings is 1. The van der Waals surface area contributed by atoms with Crippen molar-refractivity contribution in [2.75, 3.05) is 11.9 Å². The van der Waals surface area contributed by atoms with E-state index in [1.165, 1.54) is 0 Å². The SMILES string of the molecule is CCCCNC(=O)c1ccc(NC(=O)c2ccncc2)cc1. The van der Waals surface area contributed by atoms with Crippen molar-refractivity contribution in [2.45, 2.75) is 19.8 Å². The number of unbranched alkanes of at least 4 members (excludes halogenated alkanes) is 1. The molecule has 0 aliphatic carbocycles. The van der Waals surface area contributed by atoms with Crippen molar-refractivity contribution in [3.05, 3.63) is 59.9 Å². The summed E-state index contributed by atoms with van der Waals surface area (Å²) in [4.78, 5) is 27.7. The lowest BCUT2D eigenvalue weighted by Gasteiger charge is -2.07. The standard InChI is InChI=1S/C17H19N3O2/c1-2-3-10-19-16(21)13-4-6-15(7-5-13)20-17(22)14-8-11-18-12-9-14/h4-9,11-12H,2-3,10H2,1H3,(H,19,21)(H,20,22). The number of hydrogen-bond acceptors (Lipinski definition) is 3. The summed E-state index contributed by atoms with van der Waals surface area (Å²) in [5.41, 5.74) is 1.77. The van der Waals surface area contributed by atoms with Gasteiger partial charge in [0.05, 0.1) is 0 Å². The van der Waals surface area contributed by atoms with E-state index in [0.717, 1.165) is 12.8 Å². The van der Waals surface area contributed by atoms with Gasteiger partial charge in [-0.1, -0.05) is 13.3 Å². The number of nitrogens with one attached hydrogen (secondary N) is 2. The Morgan fingerprint density at radius 1 is 0.955 bits per heavy atom. The van der Waals surface area contributed by atoms with Crippen LogP contribution in [0.3, 0.4) is 0 Å². The summed E-state index contributed by atoms with van der Waals surface area (Å²) in [6.07, 6.45) is 5.14. The Morgan fingerprint density at radius 3 is 2.23 bits per heavy atom. The maximum Gasteiger partial charge on any atom is 0.255 e. The first-order chi connectivity index (χ1) is 10.7. The number of hydrogen-bond donors (Lipinski definition) is 2. The summed E-state index contributed by atoms with van der Waals surface area (Å²) in [5.74, 6) is -0.303. The zero-order chi connectivity index (χ0) is 15.8. The van der Waals surface area contributed by atoms with Crippen LogP contribution >= 0.6 is 0 Å². The smallest absolute Gasteiger partial charge is 0.255 e. The first-order valence-corrected chi connectivity index (χ1v) is 7.30. The summed E-state index contributed by atoms with van der Waals surface area (Å²) < 4.78 is 0. The Bertz CT molecular complexity index is 624. The van der Waals surface area contributed by atoms with E-state index in [1.54, 1.807) is 48.8 Å². The normalized spacial score (nSPS) is 10.0. The lowest BCUT2D eigenvalue weighted by atomic mass is 10.2. The van der Waals surface area contributed by atoms with E-state index < -0.39 is 0 Å². The molecular formula is C17H19N3O2. The molecule has 0 unspecified atom stereocenters. The molecule has 2 N–H and O–H groups in total. The average molecular weight is 297 g/mol. The lowest BCUT2D eigenvalue weighted by Crippen LogP contribution is -2.24. The molecule has 0 spiro atoms. The minimum atomic E-state index is -0.206. The van der Waals surface area contributed by atoms with Crippen molar-refractivity contribution in [3.8, 4) is 0 Å². The summed E-state index contributed by atoms with van der Waals surface area (Å²) in [6, 6.07) is 10.1. The third-order valence-corrected chi connectivity index (χ3v) is 3.16. The van der Waals surface area contributed by atoms with Crippen LogP contribution in [0.25, 0.3) is 0 Å². The Morgan fingerprint density at radius 2 is 1.59 bits per heavy atom. The van der Waals surface area contributed by atoms with Crippen LogP contribution in [0.5, 0.6) is 0 Å². The zero-order valence-electron chi connectivity index (χ0n) is 12.5. The molecule has 22 heavy (non-hydrogen) atoms. The summed E-state index contributed by atoms with van der Waals surface area (Å²) >= 11 is 0. The van der Waals surface area contributed by atoms with E-state index in [-0.39, 0.29) is 11.8 Å². The van der Waals surface area contributed by atoms with Crippen molar-refractivity contribution < 1.29 is 9.59 Å². The van der Waals surface area contributed by atoms with Crippen LogP contribution < -0.4 is 10.6 Å². The van der Waals surface area contributed by atoms with Gasteiger partial charge in [0, 0.05) is 35.8 Å². The molecule has 0 saturated carbocycles. The number of nitrogens with zero attached hydrogens (tertiary/aromatic N) is 1. The molecular weight excluding hydrogens is 278 g/mol. The first kappa shape index (κ1) is 15.7. The van der Waals surface area contributed by atoms with E-state index in [4.69, 9.17) is 0 Å². The molecule has 2 aromatic rings. The molecule has 5 nitrogen and oxygen atoms in total. The molecule has 114 valence electrons. The van der Waals surface area contributed by atoms with E-state index in [0.29, 0.717) is 23.4 Å². The Hall–Kier alpha value is -2.69. The summed E-state index contributed by atoms with van der Waals surface area (Å²) in [6.45, 7) is 2.75. The van der Waals surface area contributed by atoms with Crippen molar-refractivity contribution in [1.82, 2.24) is 10.3 Å². The van der Waals surface area contributed by atoms with Gasteiger partial charge in [-0.05, 0) is 42.8 Å². The third kappa shape index (κ3) is 4.41. The van der Waals surface area contributed by atoms with Gasteiger partial charge in [-0.3, -0.25) is 14.6 Å². The molecule has 2 amide bonds. The molecule has 0 bridgehead atoms. The second kappa shape index (κ2) is 7.93. The van der Waals surface area contributed by atoms with Gasteiger partial charge in [0.2, 0.25) is 0 Å². The van der Waals surface area contributed by atoms with Crippen molar-refractivity contribution in [2.24, 2.45) is 0 Å². The fourth-order valence-electron chi connectivity index (χ4n) is 1.89. The Kier molecular flexibility index (Phi) is 5.65. The number of anilines is 1. The Balaban J connectivity index is 1.94. The van der Waals surface area contributed by atoms with E-state index >= 15 is 0 Å². The number of amides is 2. The lowest BCUT2D eigenvalue weighted by molar-refractivity contribution is 0.0952. The molecule has 1 aromatic carbocycles. The van der Waals surface area contributed by atoms with Gasteiger partial charge in [-0.2, -0.15) is 0 Å². The van der Waals surface area contributed by atoms with E-state index in [2.05, 4.69) is 22.5 Å². The highest BCUT2D eigenvalue weighted by Crippen LogP contribution is 2.11. The van der Waals surface area contributed by atoms with Gasteiger partial charge in [-0.25, -0.2) is 0 Å². The molecule has 0 atom stereocenters. The largest absolute Gasteiger partial charge is 0.352 e. The highest BCUT2D eigenvalue weighted by atomic mass is 16.2. The molecule has 2 rings (SSSR count). The molecule has 5 heteroatoms. The Labute approximate surface area is 129 Å². The quantitative estimate of drug-likeness (QED) is 0.805. The molecule has 0 aliphatic rings. The molecule has 0 radical (unpaired) electrons. The van der Waals surface area contributed by atoms with Crippen LogP contribution in [0, 0.1) is 0 Å². The molecule has 0 fully saturated rings. The van der Waals surface area contributed by atoms with Gasteiger partial charge in [0.1, 0.15) is 0 Å². The maximum absolute atomic E-state index is 12.0. The zero-order valence-corrected chi connectivity index (χ0v) is 12.5. The topological polar surface area (TPSA) is 71.1 Å². The second-order valence-corrected chi connectivity index (χ2v) is 4.88. The van der Waals surface area contributed by atoms with Crippen LogP contribution in [0.2, 0.25) is 0 Å². The molecule has 1 aromatic heterocycles. The number of carbonyl (C=O) groups excluding carboxylic acids is 2. The van der Waals surface area contributed by atoms with Gasteiger partial charge in [0.15, 0.2) is 0 Å². The number of aromatic nitrogens is 1. The van der Waals surface area contributed by atoms with Crippen LogP contribution in [-0.2, 0) is 0 Å². The van der Waals surface area contributed by atoms with Gasteiger partial charge in [0.25, 0.3) is 11.8 Å². The van der Waals surface area contributed by atoms with Crippen LogP contribution in [0.1, 0.15) is 40.5 Å². The minimum Gasteiger partial charge on any atom is -0.352 e. The predicted octanol–water partition coefficient (Wildman–Crippen LogP) is 2.86. The highest BCUT2D eigenvalue weighted by molar-refractivity contribution is 6.04. The third-order valence-electron chi connectivity index (χ3n) is 3.16. The van der Waals surface area contributed by atoms with Crippen molar-refractivity contribution in [1.29, 1.82) is 0 Å². The van der Waals surface area contributed by atoms with Crippen LogP contribution in [0.15, 0.2) is 48.8 Å². The number of rotatable bonds is 6. The summed E-state index contributed by atoms with van der Waals surface area (Å²) in [5, 5.41) is 5.63. The molecule has 0 saturated heterocycles. The average Bonchev–Trinajstić information content (AvgIpc) is 2.56. The van der Waals surface area contributed by atoms with Crippen molar-refractivity contribution >= 4 is 17.5 Å². The van der Waals surface area contributed by atoms with Gasteiger partial charge in [-0.15, -0.1) is 0 Å². The number of benzene rings is 1. The maximum atomic E-state index is 12.0. The number of carbonyl (C=O) groups is 2. The molecule has 0 aliphatic heterocycles. The fraction of sp³-hybridized carbons (Fsp3) is 0.235. The second-order valence-electron chi connectivity index (χ2n) is 4.88. The van der Waals surface area contributed by atoms with E-state index in [9.17, 15) is 9.59 Å².